The number of H-pyrrole nitrogens is 2. The molecular formula is C38H48N4O8S. The molecule has 4 heterocycles. The summed E-state index contributed by atoms with van der Waals surface area (Å²) >= 11 is 5.44. The Labute approximate surface area is 303 Å². The molecule has 0 saturated heterocycles. The number of thiocarbonyl (C=S) groups is 1. The zero-order chi connectivity index (χ0) is 37.7. The summed E-state index contributed by atoms with van der Waals surface area (Å²) in [5.41, 5.74) is 6.06. The highest BCUT2D eigenvalue weighted by molar-refractivity contribution is 7.80. The predicted molar refractivity (Wildman–Crippen MR) is 199 cm³/mol. The Morgan fingerprint density at radius 1 is 0.667 bits per heavy atom. The summed E-state index contributed by atoms with van der Waals surface area (Å²) in [6.45, 7) is 10.3. The Morgan fingerprint density at radius 3 is 1.71 bits per heavy atom. The van der Waals surface area contributed by atoms with E-state index in [0.29, 0.717) is 50.2 Å². The van der Waals surface area contributed by atoms with Crippen LogP contribution in [0.25, 0.3) is 18.2 Å². The van der Waals surface area contributed by atoms with Crippen molar-refractivity contribution in [2.45, 2.75) is 86.0 Å². The Hall–Kier alpha value is -4.65. The highest BCUT2D eigenvalue weighted by Gasteiger charge is 2.32. The number of carbonyl (C=O) groups excluding carboxylic acids is 4. The van der Waals surface area contributed by atoms with E-state index in [9.17, 15) is 19.2 Å². The Balaban J connectivity index is 2.08. The lowest BCUT2D eigenvalue weighted by Gasteiger charge is -2.18. The average molecular weight is 721 g/mol. The number of methoxy groups -OCH3 is 4. The smallest absolute Gasteiger partial charge is 0.310 e. The second kappa shape index (κ2) is 16.1. The number of ether oxygens (including phenoxy) is 4. The lowest BCUT2D eigenvalue weighted by molar-refractivity contribution is -0.141. The fourth-order valence-corrected chi connectivity index (χ4v) is 7.05. The fraction of sp³-hybridized carbons (Fsp3) is 0.500. The van der Waals surface area contributed by atoms with Crippen LogP contribution in [0.3, 0.4) is 0 Å². The van der Waals surface area contributed by atoms with Crippen LogP contribution in [0.5, 0.6) is 0 Å². The van der Waals surface area contributed by atoms with Crippen LogP contribution >= 0.6 is 12.2 Å². The number of nitrogens with zero attached hydrogens (tertiary/aromatic N) is 2. The molecule has 0 fully saturated rings. The van der Waals surface area contributed by atoms with Gasteiger partial charge in [-0.3, -0.25) is 24.2 Å². The molecule has 0 aromatic carbocycles. The highest BCUT2D eigenvalue weighted by atomic mass is 32.1. The quantitative estimate of drug-likeness (QED) is 0.177. The molecule has 0 aliphatic carbocycles. The Bertz CT molecular complexity index is 1960. The molecule has 2 aliphatic heterocycles. The standard InChI is InChI=1S/C38H48N4O8S/c1-21-19-37(2,3)30(39-21)17-28-24(14-35(45)49-8)22(10-12-33(43)47-6)26(40-28)16-27-23(11-13-34(44)48-7)25(15-36(46)50-9)29(41-27)18-31-38(4,5)20-32(51)42-31/h16-18,40-41H,10-15,19-20H2,1-9H3/b27-16-,29-18+,30-17-. The normalized spacial score (nSPS) is 17.8. The van der Waals surface area contributed by atoms with Crippen molar-refractivity contribution in [1.29, 1.82) is 0 Å². The molecule has 0 amide bonds. The predicted octanol–water partition coefficient (Wildman–Crippen LogP) is 4.02. The number of aromatic amines is 2. The summed E-state index contributed by atoms with van der Waals surface area (Å²) in [7, 11) is 5.31. The van der Waals surface area contributed by atoms with Gasteiger partial charge in [-0.1, -0.05) is 39.9 Å². The van der Waals surface area contributed by atoms with Crippen molar-refractivity contribution < 1.29 is 38.1 Å². The largest absolute Gasteiger partial charge is 0.469 e. The van der Waals surface area contributed by atoms with Gasteiger partial charge < -0.3 is 28.9 Å². The number of hydrogen-bond donors (Lipinski definition) is 2. The first-order valence-electron chi connectivity index (χ1n) is 16.8. The van der Waals surface area contributed by atoms with Crippen LogP contribution in [0.15, 0.2) is 15.7 Å². The van der Waals surface area contributed by atoms with Gasteiger partial charge in [-0.25, -0.2) is 4.99 Å². The van der Waals surface area contributed by atoms with Gasteiger partial charge in [0.1, 0.15) is 4.99 Å². The maximum Gasteiger partial charge on any atom is 0.310 e. The zero-order valence-electron chi connectivity index (χ0n) is 31.0. The second-order valence-electron chi connectivity index (χ2n) is 14.2. The molecule has 2 aromatic rings. The highest BCUT2D eigenvalue weighted by Crippen LogP contribution is 2.39. The van der Waals surface area contributed by atoms with Gasteiger partial charge in [0, 0.05) is 69.3 Å². The van der Waals surface area contributed by atoms with E-state index in [4.69, 9.17) is 36.2 Å². The number of rotatable bonds is 13. The summed E-state index contributed by atoms with van der Waals surface area (Å²) in [5, 5.41) is 1.24. The van der Waals surface area contributed by atoms with Gasteiger partial charge in [-0.05, 0) is 66.7 Å². The Morgan fingerprint density at radius 2 is 1.20 bits per heavy atom. The van der Waals surface area contributed by atoms with E-state index in [0.717, 1.165) is 29.1 Å². The molecule has 0 spiro atoms. The first kappa shape index (κ1) is 39.1. The molecule has 2 aromatic heterocycles. The molecular weight excluding hydrogens is 673 g/mol. The van der Waals surface area contributed by atoms with Gasteiger partial charge in [-0.15, -0.1) is 0 Å². The number of hydrogen-bond acceptors (Lipinski definition) is 10. The van der Waals surface area contributed by atoms with Crippen molar-refractivity contribution in [2.75, 3.05) is 28.4 Å². The summed E-state index contributed by atoms with van der Waals surface area (Å²) in [4.78, 5) is 67.5. The summed E-state index contributed by atoms with van der Waals surface area (Å²) in [6, 6.07) is 0. The molecule has 274 valence electrons. The molecule has 0 unspecified atom stereocenters. The molecule has 4 rings (SSSR count). The number of nitrogens with one attached hydrogen (secondary N) is 2. The van der Waals surface area contributed by atoms with Gasteiger partial charge in [0.15, 0.2) is 0 Å². The van der Waals surface area contributed by atoms with Gasteiger partial charge in [0.2, 0.25) is 0 Å². The number of aromatic nitrogens is 2. The van der Waals surface area contributed by atoms with Crippen LogP contribution in [0.2, 0.25) is 0 Å². The molecule has 2 N–H and O–H groups in total. The second-order valence-corrected chi connectivity index (χ2v) is 14.6. The summed E-state index contributed by atoms with van der Waals surface area (Å²) < 4.78 is 20.1. The monoisotopic (exact) mass is 720 g/mol. The maximum absolute atomic E-state index is 12.8. The van der Waals surface area contributed by atoms with E-state index in [2.05, 4.69) is 42.7 Å². The van der Waals surface area contributed by atoms with E-state index in [-0.39, 0.29) is 49.4 Å². The minimum Gasteiger partial charge on any atom is -0.469 e. The van der Waals surface area contributed by atoms with Crippen LogP contribution in [0.1, 0.15) is 93.9 Å². The summed E-state index contributed by atoms with van der Waals surface area (Å²) in [6.07, 6.45) is 7.61. The number of aliphatic imine (C=N–C) groups is 2. The molecule has 0 saturated carbocycles. The fourth-order valence-electron chi connectivity index (χ4n) is 6.59. The number of carbonyl (C=O) groups is 4. The van der Waals surface area contributed by atoms with E-state index in [1.807, 2.05) is 25.2 Å². The molecule has 0 radical (unpaired) electrons. The van der Waals surface area contributed by atoms with Crippen LogP contribution in [-0.4, -0.2) is 78.7 Å². The molecule has 13 heteroatoms. The van der Waals surface area contributed by atoms with Crippen molar-refractivity contribution >= 4 is 70.7 Å². The summed E-state index contributed by atoms with van der Waals surface area (Å²) in [5.74, 6) is -1.72. The molecule has 12 nitrogen and oxygen atoms in total. The van der Waals surface area contributed by atoms with Gasteiger partial charge >= 0.3 is 23.9 Å². The van der Waals surface area contributed by atoms with Gasteiger partial charge in [-0.2, -0.15) is 0 Å². The van der Waals surface area contributed by atoms with Crippen LogP contribution in [0, 0.1) is 10.8 Å². The van der Waals surface area contributed by atoms with Crippen molar-refractivity contribution in [1.82, 2.24) is 9.97 Å². The Kier molecular flexibility index (Phi) is 12.4. The van der Waals surface area contributed by atoms with E-state index in [1.54, 1.807) is 0 Å². The lowest BCUT2D eigenvalue weighted by atomic mass is 9.86. The minimum atomic E-state index is -0.458. The minimum absolute atomic E-state index is 0.0522. The molecule has 2 aliphatic rings. The van der Waals surface area contributed by atoms with Crippen LogP contribution < -0.4 is 10.7 Å². The molecule has 0 bridgehead atoms. The van der Waals surface area contributed by atoms with Crippen molar-refractivity contribution in [3.63, 3.8) is 0 Å². The lowest BCUT2D eigenvalue weighted by Crippen LogP contribution is -2.23. The number of allylic oxidation sites excluding steroid dienone is 1. The van der Waals surface area contributed by atoms with Crippen LogP contribution in [-0.2, 0) is 63.8 Å². The molecule has 51 heavy (non-hydrogen) atoms. The maximum atomic E-state index is 12.8. The van der Waals surface area contributed by atoms with Crippen LogP contribution in [0.4, 0.5) is 0 Å². The van der Waals surface area contributed by atoms with E-state index >= 15 is 0 Å². The van der Waals surface area contributed by atoms with Crippen molar-refractivity contribution in [2.24, 2.45) is 20.8 Å². The third-order valence-corrected chi connectivity index (χ3v) is 9.60. The van der Waals surface area contributed by atoms with Crippen molar-refractivity contribution in [3.8, 4) is 0 Å². The third-order valence-electron chi connectivity index (χ3n) is 9.36. The van der Waals surface area contributed by atoms with E-state index < -0.39 is 23.9 Å². The number of esters is 4. The topological polar surface area (TPSA) is 162 Å². The van der Waals surface area contributed by atoms with Gasteiger partial charge in [0.05, 0.1) is 41.3 Å². The first-order chi connectivity index (χ1) is 24.0. The molecule has 0 atom stereocenters. The first-order valence-corrected chi connectivity index (χ1v) is 17.2. The van der Waals surface area contributed by atoms with Gasteiger partial charge in [0.25, 0.3) is 0 Å². The van der Waals surface area contributed by atoms with E-state index in [1.165, 1.54) is 28.4 Å². The average Bonchev–Trinajstić information content (AvgIpc) is 3.73. The third kappa shape index (κ3) is 9.37. The van der Waals surface area contributed by atoms with Crippen molar-refractivity contribution in [3.05, 3.63) is 50.0 Å². The zero-order valence-corrected chi connectivity index (χ0v) is 31.8. The SMILES string of the molecule is COC(=O)CCc1c(/C=c2\[nH]/c(=C/C3=NC(=S)CC3(C)C)c(CC(=O)OC)c2CCC(=O)OC)[nH]c(/C=C2\N=C(C)CC2(C)C)c1CC(=O)OC.